The topological polar surface area (TPSA) is 64.4 Å². The molecule has 0 bridgehead atoms. The largest absolute Gasteiger partial charge is 0.379 e. The molecule has 0 aliphatic heterocycles. The quantitative estimate of drug-likeness (QED) is 0.345. The summed E-state index contributed by atoms with van der Waals surface area (Å²) >= 11 is 5.59. The van der Waals surface area contributed by atoms with Crippen molar-refractivity contribution in [1.82, 2.24) is 0 Å². The summed E-state index contributed by atoms with van der Waals surface area (Å²) in [7, 11) is 0. The van der Waals surface area contributed by atoms with Crippen LogP contribution in [0.2, 0.25) is 5.02 Å². The number of benzene rings is 1. The highest BCUT2D eigenvalue weighted by Crippen LogP contribution is 2.29. The lowest BCUT2D eigenvalue weighted by Gasteiger charge is -2.08. The Balaban J connectivity index is 2.59. The van der Waals surface area contributed by atoms with Crippen molar-refractivity contribution in [3.63, 3.8) is 0 Å². The minimum atomic E-state index is -0.818. The minimum Gasteiger partial charge on any atom is -0.379 e. The molecule has 0 fully saturated rings. The first-order valence-corrected chi connectivity index (χ1v) is 6.00. The standard InChI is InChI=1S/C12H14ClFN2O3/c1-2-3-5-19-6-4-15-11-7-9(13)10(14)8-12(11)16(17)18/h2,7-8,15H,1,3-6H2. The van der Waals surface area contributed by atoms with E-state index < -0.39 is 10.7 Å². The van der Waals surface area contributed by atoms with Crippen LogP contribution in [0.5, 0.6) is 0 Å². The molecule has 104 valence electrons. The Morgan fingerprint density at radius 1 is 1.53 bits per heavy atom. The molecular weight excluding hydrogens is 275 g/mol. The molecule has 0 saturated carbocycles. The summed E-state index contributed by atoms with van der Waals surface area (Å²) < 4.78 is 18.4. The number of hydrogen-bond donors (Lipinski definition) is 1. The third-order valence-electron chi connectivity index (χ3n) is 2.26. The van der Waals surface area contributed by atoms with Gasteiger partial charge in [-0.15, -0.1) is 6.58 Å². The van der Waals surface area contributed by atoms with E-state index in [1.807, 2.05) is 0 Å². The Morgan fingerprint density at radius 2 is 2.26 bits per heavy atom. The van der Waals surface area contributed by atoms with E-state index >= 15 is 0 Å². The molecule has 7 heteroatoms. The molecule has 1 N–H and O–H groups in total. The lowest BCUT2D eigenvalue weighted by atomic mass is 10.2. The van der Waals surface area contributed by atoms with Crippen molar-refractivity contribution in [2.75, 3.05) is 25.1 Å². The molecular formula is C12H14ClFN2O3. The second-order valence-corrected chi connectivity index (χ2v) is 4.06. The zero-order chi connectivity index (χ0) is 14.3. The van der Waals surface area contributed by atoms with Crippen molar-refractivity contribution in [1.29, 1.82) is 0 Å². The van der Waals surface area contributed by atoms with Gasteiger partial charge in [0.1, 0.15) is 11.5 Å². The van der Waals surface area contributed by atoms with Crippen LogP contribution in [0, 0.1) is 15.9 Å². The molecule has 1 aromatic rings. The normalized spacial score (nSPS) is 10.2. The zero-order valence-corrected chi connectivity index (χ0v) is 11.0. The molecule has 0 unspecified atom stereocenters. The number of rotatable bonds is 8. The fourth-order valence-electron chi connectivity index (χ4n) is 1.36. The van der Waals surface area contributed by atoms with Gasteiger partial charge in [0.2, 0.25) is 0 Å². The summed E-state index contributed by atoms with van der Waals surface area (Å²) in [5.41, 5.74) is -0.184. The Kier molecular flexibility index (Phi) is 6.24. The summed E-state index contributed by atoms with van der Waals surface area (Å²) in [4.78, 5) is 10.1. The van der Waals surface area contributed by atoms with Gasteiger partial charge in [0.25, 0.3) is 5.69 Å². The molecule has 0 atom stereocenters. The molecule has 5 nitrogen and oxygen atoms in total. The first-order valence-electron chi connectivity index (χ1n) is 5.62. The van der Waals surface area contributed by atoms with Crippen LogP contribution in [-0.2, 0) is 4.74 Å². The predicted octanol–water partition coefficient (Wildman–Crippen LogP) is 3.39. The fraction of sp³-hybridized carbons (Fsp3) is 0.333. The number of nitro benzene ring substituents is 1. The van der Waals surface area contributed by atoms with Gasteiger partial charge in [-0.25, -0.2) is 4.39 Å². The van der Waals surface area contributed by atoms with E-state index in [1.165, 1.54) is 6.07 Å². The highest BCUT2D eigenvalue weighted by molar-refractivity contribution is 6.31. The highest BCUT2D eigenvalue weighted by Gasteiger charge is 2.17. The Labute approximate surface area is 115 Å². The maximum atomic E-state index is 13.1. The molecule has 19 heavy (non-hydrogen) atoms. The summed E-state index contributed by atoms with van der Waals surface area (Å²) in [6, 6.07) is 1.99. The second-order valence-electron chi connectivity index (χ2n) is 3.66. The molecule has 0 heterocycles. The first-order chi connectivity index (χ1) is 9.06. The minimum absolute atomic E-state index is 0.166. The van der Waals surface area contributed by atoms with E-state index in [0.29, 0.717) is 19.8 Å². The average Bonchev–Trinajstić information content (AvgIpc) is 2.37. The summed E-state index contributed by atoms with van der Waals surface area (Å²) in [6.45, 7) is 4.83. The number of nitrogens with zero attached hydrogens (tertiary/aromatic N) is 1. The smallest absolute Gasteiger partial charge is 0.295 e. The molecule has 0 amide bonds. The molecule has 0 aromatic heterocycles. The van der Waals surface area contributed by atoms with E-state index in [0.717, 1.165) is 12.5 Å². The summed E-state index contributed by atoms with van der Waals surface area (Å²) in [5.74, 6) is -0.818. The number of nitrogens with one attached hydrogen (secondary N) is 1. The van der Waals surface area contributed by atoms with Crippen LogP contribution in [0.1, 0.15) is 6.42 Å². The van der Waals surface area contributed by atoms with Gasteiger partial charge >= 0.3 is 0 Å². The zero-order valence-electron chi connectivity index (χ0n) is 10.2. The van der Waals surface area contributed by atoms with Crippen LogP contribution < -0.4 is 5.32 Å². The van der Waals surface area contributed by atoms with Crippen LogP contribution in [0.3, 0.4) is 0 Å². The maximum absolute atomic E-state index is 13.1. The number of halogens is 2. The maximum Gasteiger partial charge on any atom is 0.295 e. The van der Waals surface area contributed by atoms with Gasteiger partial charge in [-0.2, -0.15) is 0 Å². The molecule has 0 aliphatic carbocycles. The van der Waals surface area contributed by atoms with E-state index in [4.69, 9.17) is 16.3 Å². The third-order valence-corrected chi connectivity index (χ3v) is 2.55. The van der Waals surface area contributed by atoms with Gasteiger partial charge in [-0.1, -0.05) is 17.7 Å². The van der Waals surface area contributed by atoms with Crippen molar-refractivity contribution >= 4 is 23.0 Å². The van der Waals surface area contributed by atoms with Gasteiger partial charge < -0.3 is 10.1 Å². The van der Waals surface area contributed by atoms with Crippen molar-refractivity contribution in [2.45, 2.75) is 6.42 Å². The van der Waals surface area contributed by atoms with Gasteiger partial charge in [0, 0.05) is 6.54 Å². The predicted molar refractivity (Wildman–Crippen MR) is 72.2 cm³/mol. The van der Waals surface area contributed by atoms with Gasteiger partial charge in [-0.3, -0.25) is 10.1 Å². The third kappa shape index (κ3) is 4.84. The van der Waals surface area contributed by atoms with Crippen LogP contribution in [0.25, 0.3) is 0 Å². The van der Waals surface area contributed by atoms with Gasteiger partial charge in [0.15, 0.2) is 0 Å². The van der Waals surface area contributed by atoms with Crippen molar-refractivity contribution in [2.24, 2.45) is 0 Å². The van der Waals surface area contributed by atoms with E-state index in [1.54, 1.807) is 6.08 Å². The van der Waals surface area contributed by atoms with Crippen LogP contribution in [-0.4, -0.2) is 24.7 Å². The first kappa shape index (κ1) is 15.4. The fourth-order valence-corrected chi connectivity index (χ4v) is 1.52. The van der Waals surface area contributed by atoms with Crippen molar-refractivity contribution in [3.8, 4) is 0 Å². The number of anilines is 1. The Morgan fingerprint density at radius 3 is 2.89 bits per heavy atom. The SMILES string of the molecule is C=CCCOCCNc1cc(Cl)c(F)cc1[N+](=O)[O-]. The lowest BCUT2D eigenvalue weighted by molar-refractivity contribution is -0.384. The molecule has 0 radical (unpaired) electrons. The second kappa shape index (κ2) is 7.70. The summed E-state index contributed by atoms with van der Waals surface area (Å²) in [5, 5.41) is 13.4. The molecule has 1 rings (SSSR count). The lowest BCUT2D eigenvalue weighted by Crippen LogP contribution is -2.11. The van der Waals surface area contributed by atoms with Crippen LogP contribution in [0.15, 0.2) is 24.8 Å². The Hall–Kier alpha value is -1.66. The Bertz CT molecular complexity index is 469. The van der Waals surface area contributed by atoms with Gasteiger partial charge in [0.05, 0.1) is 29.2 Å². The summed E-state index contributed by atoms with van der Waals surface area (Å²) in [6.07, 6.45) is 2.47. The number of ether oxygens (including phenoxy) is 1. The highest BCUT2D eigenvalue weighted by atomic mass is 35.5. The number of hydrogen-bond acceptors (Lipinski definition) is 4. The van der Waals surface area contributed by atoms with E-state index in [-0.39, 0.29) is 16.4 Å². The van der Waals surface area contributed by atoms with E-state index in [9.17, 15) is 14.5 Å². The van der Waals surface area contributed by atoms with E-state index in [2.05, 4.69) is 11.9 Å². The van der Waals surface area contributed by atoms with Crippen LogP contribution in [0.4, 0.5) is 15.8 Å². The van der Waals surface area contributed by atoms with Crippen molar-refractivity contribution < 1.29 is 14.1 Å². The van der Waals surface area contributed by atoms with Crippen molar-refractivity contribution in [3.05, 3.63) is 45.7 Å². The molecule has 0 saturated heterocycles. The monoisotopic (exact) mass is 288 g/mol. The average molecular weight is 289 g/mol. The van der Waals surface area contributed by atoms with Crippen LogP contribution >= 0.6 is 11.6 Å². The molecule has 1 aromatic carbocycles. The molecule has 0 spiro atoms. The van der Waals surface area contributed by atoms with Gasteiger partial charge in [-0.05, 0) is 12.5 Å². The number of nitro groups is 1. The molecule has 0 aliphatic rings.